The van der Waals surface area contributed by atoms with Crippen molar-refractivity contribution in [3.05, 3.63) is 34.5 Å². The second kappa shape index (κ2) is 8.17. The van der Waals surface area contributed by atoms with Crippen molar-refractivity contribution in [3.63, 3.8) is 0 Å². The number of methoxy groups -OCH3 is 2. The largest absolute Gasteiger partial charge is 0.497 e. The summed E-state index contributed by atoms with van der Waals surface area (Å²) in [7, 11) is 3.33. The zero-order chi connectivity index (χ0) is 20.5. The van der Waals surface area contributed by atoms with Crippen molar-refractivity contribution in [2.45, 2.75) is 19.9 Å². The van der Waals surface area contributed by atoms with Gasteiger partial charge in [-0.2, -0.15) is 4.52 Å². The summed E-state index contributed by atoms with van der Waals surface area (Å²) in [4.78, 5) is 10.8. The average molecular weight is 418 g/mol. The van der Waals surface area contributed by atoms with Crippen molar-refractivity contribution >= 4 is 16.3 Å². The summed E-state index contributed by atoms with van der Waals surface area (Å²) in [5.74, 6) is 2.31. The van der Waals surface area contributed by atoms with E-state index in [1.54, 1.807) is 14.2 Å². The molecule has 1 aliphatic heterocycles. The van der Waals surface area contributed by atoms with Crippen molar-refractivity contribution in [3.8, 4) is 17.4 Å². The van der Waals surface area contributed by atoms with Crippen LogP contribution in [0, 0.1) is 6.92 Å². The second-order valence-corrected chi connectivity index (χ2v) is 8.13. The maximum atomic E-state index is 11.0. The number of thiazole rings is 1. The number of hydrogen-bond acceptors (Lipinski definition) is 8. The molecule has 3 heterocycles. The number of piperazine rings is 1. The van der Waals surface area contributed by atoms with Crippen LogP contribution in [-0.2, 0) is 0 Å². The molecule has 1 saturated heterocycles. The first-order valence-electron chi connectivity index (χ1n) is 9.79. The van der Waals surface area contributed by atoms with Gasteiger partial charge in [0.1, 0.15) is 17.3 Å². The molecule has 0 saturated carbocycles. The summed E-state index contributed by atoms with van der Waals surface area (Å²) in [6.07, 6.45) is 0. The summed E-state index contributed by atoms with van der Waals surface area (Å²) in [5, 5.41) is 15.4. The monoisotopic (exact) mass is 417 g/mol. The van der Waals surface area contributed by atoms with Gasteiger partial charge < -0.3 is 19.5 Å². The van der Waals surface area contributed by atoms with E-state index >= 15 is 0 Å². The molecule has 156 valence electrons. The number of aryl methyl sites for hydroxylation is 1. The average Bonchev–Trinajstić information content (AvgIpc) is 3.25. The summed E-state index contributed by atoms with van der Waals surface area (Å²) >= 11 is 1.47. The molecular formula is C20H27N5O3S. The Morgan fingerprint density at radius 3 is 2.55 bits per heavy atom. The Bertz CT molecular complexity index is 994. The fraction of sp³-hybridized carbons (Fsp3) is 0.500. The fourth-order valence-corrected chi connectivity index (χ4v) is 5.07. The van der Waals surface area contributed by atoms with Gasteiger partial charge in [0.05, 0.1) is 25.1 Å². The summed E-state index contributed by atoms with van der Waals surface area (Å²) < 4.78 is 12.7. The lowest BCUT2D eigenvalue weighted by Crippen LogP contribution is -2.47. The van der Waals surface area contributed by atoms with E-state index in [1.807, 2.05) is 25.1 Å². The maximum Gasteiger partial charge on any atom is 0.230 e. The molecule has 1 atom stereocenters. The third kappa shape index (κ3) is 3.65. The number of benzene rings is 1. The quantitative estimate of drug-likeness (QED) is 0.661. The number of aromatic hydroxyl groups is 1. The third-order valence-electron chi connectivity index (χ3n) is 5.50. The van der Waals surface area contributed by atoms with Crippen LogP contribution in [0.4, 0.5) is 0 Å². The van der Waals surface area contributed by atoms with Gasteiger partial charge in [-0.25, -0.2) is 4.98 Å². The van der Waals surface area contributed by atoms with Crippen molar-refractivity contribution in [2.24, 2.45) is 0 Å². The highest BCUT2D eigenvalue weighted by molar-refractivity contribution is 7.17. The van der Waals surface area contributed by atoms with E-state index in [2.05, 4.69) is 26.8 Å². The normalized spacial score (nSPS) is 17.0. The number of aromatic nitrogens is 3. The number of nitrogens with zero attached hydrogens (tertiary/aromatic N) is 5. The van der Waals surface area contributed by atoms with Gasteiger partial charge in [-0.05, 0) is 31.7 Å². The van der Waals surface area contributed by atoms with Crippen LogP contribution in [0.3, 0.4) is 0 Å². The Morgan fingerprint density at radius 2 is 1.93 bits per heavy atom. The molecule has 0 spiro atoms. The number of hydrogen-bond donors (Lipinski definition) is 1. The summed E-state index contributed by atoms with van der Waals surface area (Å²) in [6, 6.07) is 5.63. The van der Waals surface area contributed by atoms with Crippen molar-refractivity contribution in [1.82, 2.24) is 24.4 Å². The standard InChI is InChI=1S/C20H27N5O3S/c1-5-23-8-10-24(11-9-23)17(15-12-14(27-3)6-7-16(15)28-4)18-19(26)25-20(29-18)21-13(2)22-25/h6-7,12,17,26H,5,8-11H2,1-4H3/t17-/m1/s1. The predicted octanol–water partition coefficient (Wildman–Crippen LogP) is 2.55. The third-order valence-corrected chi connectivity index (χ3v) is 6.58. The minimum atomic E-state index is -0.173. The highest BCUT2D eigenvalue weighted by atomic mass is 32.1. The first kappa shape index (κ1) is 19.9. The highest BCUT2D eigenvalue weighted by Crippen LogP contribution is 2.44. The van der Waals surface area contributed by atoms with Crippen molar-refractivity contribution < 1.29 is 14.6 Å². The smallest absolute Gasteiger partial charge is 0.230 e. The molecule has 0 radical (unpaired) electrons. The lowest BCUT2D eigenvalue weighted by atomic mass is 10.0. The molecule has 1 fully saturated rings. The van der Waals surface area contributed by atoms with E-state index in [0.29, 0.717) is 10.8 Å². The van der Waals surface area contributed by atoms with Crippen LogP contribution in [0.15, 0.2) is 18.2 Å². The molecule has 0 unspecified atom stereocenters. The Morgan fingerprint density at radius 1 is 1.17 bits per heavy atom. The molecule has 29 heavy (non-hydrogen) atoms. The maximum absolute atomic E-state index is 11.0. The zero-order valence-electron chi connectivity index (χ0n) is 17.3. The molecule has 3 aromatic rings. The van der Waals surface area contributed by atoms with Crippen molar-refractivity contribution in [1.29, 1.82) is 0 Å². The minimum Gasteiger partial charge on any atom is -0.497 e. The second-order valence-electron chi connectivity index (χ2n) is 7.12. The van der Waals surface area contributed by atoms with Crippen LogP contribution in [0.25, 0.3) is 4.96 Å². The molecule has 4 rings (SSSR count). The van der Waals surface area contributed by atoms with Gasteiger partial charge >= 0.3 is 0 Å². The molecule has 1 N–H and O–H groups in total. The molecule has 1 aromatic carbocycles. The molecule has 0 aliphatic carbocycles. The zero-order valence-corrected chi connectivity index (χ0v) is 18.1. The Balaban J connectivity index is 1.83. The van der Waals surface area contributed by atoms with Crippen LogP contribution in [0.5, 0.6) is 17.4 Å². The minimum absolute atomic E-state index is 0.137. The highest BCUT2D eigenvalue weighted by Gasteiger charge is 2.33. The molecule has 0 amide bonds. The van der Waals surface area contributed by atoms with E-state index in [4.69, 9.17) is 9.47 Å². The lowest BCUT2D eigenvalue weighted by molar-refractivity contribution is 0.112. The van der Waals surface area contributed by atoms with E-state index < -0.39 is 0 Å². The van der Waals surface area contributed by atoms with Crippen LogP contribution in [0.1, 0.15) is 29.2 Å². The van der Waals surface area contributed by atoms with Gasteiger partial charge in [0.25, 0.3) is 0 Å². The SMILES string of the molecule is CCN1CCN([C@H](c2cc(OC)ccc2OC)c2sc3nc(C)nn3c2O)CC1. The first-order chi connectivity index (χ1) is 14.0. The predicted molar refractivity (Wildman–Crippen MR) is 112 cm³/mol. The molecule has 1 aliphatic rings. The van der Waals surface area contributed by atoms with Crippen LogP contribution in [0.2, 0.25) is 0 Å². The summed E-state index contributed by atoms with van der Waals surface area (Å²) in [5.41, 5.74) is 0.966. The number of rotatable bonds is 6. The van der Waals surface area contributed by atoms with E-state index in [-0.39, 0.29) is 11.9 Å². The molecule has 2 aromatic heterocycles. The summed E-state index contributed by atoms with van der Waals surface area (Å²) in [6.45, 7) is 8.82. The van der Waals surface area contributed by atoms with E-state index in [0.717, 1.165) is 54.7 Å². The Hall–Kier alpha value is -2.36. The topological polar surface area (TPSA) is 75.4 Å². The van der Waals surface area contributed by atoms with E-state index in [1.165, 1.54) is 15.9 Å². The van der Waals surface area contributed by atoms with Gasteiger partial charge in [0.15, 0.2) is 0 Å². The molecule has 9 heteroatoms. The fourth-order valence-electron chi connectivity index (χ4n) is 3.92. The lowest BCUT2D eigenvalue weighted by Gasteiger charge is -2.39. The van der Waals surface area contributed by atoms with Gasteiger partial charge in [0, 0.05) is 31.7 Å². The first-order valence-corrected chi connectivity index (χ1v) is 10.6. The Labute approximate surface area is 174 Å². The van der Waals surface area contributed by atoms with Gasteiger partial charge in [0.2, 0.25) is 10.8 Å². The van der Waals surface area contributed by atoms with Crippen LogP contribution < -0.4 is 9.47 Å². The van der Waals surface area contributed by atoms with Gasteiger partial charge in [-0.3, -0.25) is 4.90 Å². The van der Waals surface area contributed by atoms with Gasteiger partial charge in [-0.1, -0.05) is 18.3 Å². The Kier molecular flexibility index (Phi) is 5.62. The van der Waals surface area contributed by atoms with Crippen LogP contribution >= 0.6 is 11.3 Å². The van der Waals surface area contributed by atoms with Gasteiger partial charge in [-0.15, -0.1) is 5.10 Å². The number of ether oxygens (including phenoxy) is 2. The molecule has 8 nitrogen and oxygen atoms in total. The van der Waals surface area contributed by atoms with Crippen LogP contribution in [-0.4, -0.2) is 76.4 Å². The van der Waals surface area contributed by atoms with E-state index in [9.17, 15) is 5.11 Å². The van der Waals surface area contributed by atoms with Crippen molar-refractivity contribution in [2.75, 3.05) is 46.9 Å². The molecule has 0 bridgehead atoms. The molecular weight excluding hydrogens is 390 g/mol. The number of fused-ring (bicyclic) bond motifs is 1. The number of likely N-dealkylation sites (N-methyl/N-ethyl adjacent to an activating group) is 1.